The van der Waals surface area contributed by atoms with Crippen molar-refractivity contribution >= 4 is 17.5 Å². The van der Waals surface area contributed by atoms with Gasteiger partial charge in [0, 0.05) is 0 Å². The molecular weight excluding hydrogens is 330 g/mol. The molecule has 3 aromatic rings. The predicted octanol–water partition coefficient (Wildman–Crippen LogP) is 4.97. The number of hydrogen-bond acceptors (Lipinski definition) is 1. The molecule has 0 bridgehead atoms. The topological polar surface area (TPSA) is 20.3 Å². The highest BCUT2D eigenvalue weighted by Crippen LogP contribution is 2.46. The maximum Gasteiger partial charge on any atom is 0.244 e. The fourth-order valence-electron chi connectivity index (χ4n) is 3.53. The number of alkyl halides is 1. The molecule has 0 unspecified atom stereocenters. The van der Waals surface area contributed by atoms with Crippen molar-refractivity contribution in [1.29, 1.82) is 0 Å². The summed E-state index contributed by atoms with van der Waals surface area (Å²) in [6.45, 7) is 0. The van der Waals surface area contributed by atoms with Crippen LogP contribution in [0.3, 0.4) is 0 Å². The van der Waals surface area contributed by atoms with Gasteiger partial charge in [0.1, 0.15) is 5.38 Å². The molecule has 1 saturated heterocycles. The maximum absolute atomic E-state index is 12.7. The highest BCUT2D eigenvalue weighted by Gasteiger charge is 2.50. The fourth-order valence-corrected chi connectivity index (χ4v) is 3.90. The highest BCUT2D eigenvalue weighted by molar-refractivity contribution is 6.33. The van der Waals surface area contributed by atoms with E-state index in [1.807, 2.05) is 71.6 Å². The summed E-state index contributed by atoms with van der Waals surface area (Å²) in [5.74, 6) is -0.0202. The Morgan fingerprint density at radius 3 is 1.64 bits per heavy atom. The van der Waals surface area contributed by atoms with Gasteiger partial charge in [-0.15, -0.1) is 11.6 Å². The molecular formula is C22H18ClNO. The number of likely N-dealkylation sites (tertiary alicyclic amines) is 1. The molecule has 0 aromatic heterocycles. The molecule has 0 spiro atoms. The number of nitrogens with zero attached hydrogens (tertiary/aromatic N) is 1. The third-order valence-corrected chi connectivity index (χ3v) is 5.14. The second-order valence-corrected chi connectivity index (χ2v) is 6.70. The van der Waals surface area contributed by atoms with E-state index in [0.29, 0.717) is 0 Å². The molecule has 1 fully saturated rings. The number of rotatable bonds is 4. The Labute approximate surface area is 152 Å². The first-order chi connectivity index (χ1) is 12.3. The number of carbonyl (C=O) groups is 1. The number of halogens is 1. The van der Waals surface area contributed by atoms with Gasteiger partial charge in [0.05, 0.1) is 12.1 Å². The van der Waals surface area contributed by atoms with Crippen LogP contribution in [0.2, 0.25) is 0 Å². The third kappa shape index (κ3) is 2.83. The monoisotopic (exact) mass is 347 g/mol. The zero-order valence-corrected chi connectivity index (χ0v) is 14.4. The van der Waals surface area contributed by atoms with Crippen LogP contribution in [0.1, 0.15) is 28.8 Å². The Balaban J connectivity index is 1.80. The van der Waals surface area contributed by atoms with E-state index in [0.717, 1.165) is 16.7 Å². The first-order valence-corrected chi connectivity index (χ1v) is 8.82. The molecule has 1 amide bonds. The van der Waals surface area contributed by atoms with E-state index >= 15 is 0 Å². The number of benzene rings is 3. The van der Waals surface area contributed by atoms with Crippen molar-refractivity contribution in [3.05, 3.63) is 108 Å². The standard InChI is InChI=1S/C22H18ClNO/c23-19-21(18-14-8-3-9-15-18)24(22(19)25)20(16-10-4-1-5-11-16)17-12-6-2-7-13-17/h1-15,19-21H/t19-,21+/m0/s1. The number of carbonyl (C=O) groups excluding carboxylic acids is 1. The van der Waals surface area contributed by atoms with E-state index in [1.165, 1.54) is 0 Å². The summed E-state index contributed by atoms with van der Waals surface area (Å²) in [4.78, 5) is 14.6. The van der Waals surface area contributed by atoms with Crippen LogP contribution in [0.4, 0.5) is 0 Å². The van der Waals surface area contributed by atoms with E-state index in [1.54, 1.807) is 0 Å². The van der Waals surface area contributed by atoms with Crippen molar-refractivity contribution in [1.82, 2.24) is 4.90 Å². The lowest BCUT2D eigenvalue weighted by Crippen LogP contribution is -2.57. The summed E-state index contributed by atoms with van der Waals surface area (Å²) in [6, 6.07) is 30.0. The molecule has 1 aliphatic heterocycles. The number of β-lactam (4-membered cyclic amide) rings is 1. The summed E-state index contributed by atoms with van der Waals surface area (Å²) in [6.07, 6.45) is 0. The molecule has 0 N–H and O–H groups in total. The summed E-state index contributed by atoms with van der Waals surface area (Å²) >= 11 is 6.42. The van der Waals surface area contributed by atoms with Gasteiger partial charge in [-0.1, -0.05) is 91.0 Å². The SMILES string of the molecule is O=C1[C@@H](Cl)[C@@H](c2ccccc2)N1C(c1ccccc1)c1ccccc1. The average Bonchev–Trinajstić information content (AvgIpc) is 2.69. The molecule has 1 aliphatic rings. The molecule has 4 rings (SSSR count). The van der Waals surface area contributed by atoms with Crippen molar-refractivity contribution < 1.29 is 4.79 Å². The number of hydrogen-bond donors (Lipinski definition) is 0. The molecule has 25 heavy (non-hydrogen) atoms. The molecule has 2 atom stereocenters. The molecule has 2 nitrogen and oxygen atoms in total. The van der Waals surface area contributed by atoms with E-state index in [9.17, 15) is 4.79 Å². The highest BCUT2D eigenvalue weighted by atomic mass is 35.5. The fraction of sp³-hybridized carbons (Fsp3) is 0.136. The molecule has 3 heteroatoms. The third-order valence-electron chi connectivity index (χ3n) is 4.72. The largest absolute Gasteiger partial charge is 0.321 e. The lowest BCUT2D eigenvalue weighted by atomic mass is 9.86. The van der Waals surface area contributed by atoms with Crippen molar-refractivity contribution in [2.75, 3.05) is 0 Å². The first kappa shape index (κ1) is 15.9. The Morgan fingerprint density at radius 2 is 1.16 bits per heavy atom. The molecule has 0 saturated carbocycles. The minimum atomic E-state index is -0.516. The van der Waals surface area contributed by atoms with Crippen molar-refractivity contribution in [3.63, 3.8) is 0 Å². The zero-order chi connectivity index (χ0) is 17.2. The zero-order valence-electron chi connectivity index (χ0n) is 13.6. The lowest BCUT2D eigenvalue weighted by molar-refractivity contribution is -0.148. The maximum atomic E-state index is 12.7. The van der Waals surface area contributed by atoms with Crippen molar-refractivity contribution in [3.8, 4) is 0 Å². The van der Waals surface area contributed by atoms with Gasteiger partial charge in [0.2, 0.25) is 5.91 Å². The lowest BCUT2D eigenvalue weighted by Gasteiger charge is -2.49. The molecule has 1 heterocycles. The van der Waals surface area contributed by atoms with Crippen molar-refractivity contribution in [2.45, 2.75) is 17.5 Å². The van der Waals surface area contributed by atoms with Crippen LogP contribution >= 0.6 is 11.6 Å². The van der Waals surface area contributed by atoms with Crippen LogP contribution in [0.15, 0.2) is 91.0 Å². The van der Waals surface area contributed by atoms with Crippen LogP contribution in [-0.4, -0.2) is 16.2 Å². The summed E-state index contributed by atoms with van der Waals surface area (Å²) < 4.78 is 0. The van der Waals surface area contributed by atoms with Crippen LogP contribution in [0.5, 0.6) is 0 Å². The quantitative estimate of drug-likeness (QED) is 0.482. The van der Waals surface area contributed by atoms with Gasteiger partial charge in [-0.3, -0.25) is 4.79 Å². The van der Waals surface area contributed by atoms with Gasteiger partial charge >= 0.3 is 0 Å². The van der Waals surface area contributed by atoms with E-state index in [4.69, 9.17) is 11.6 Å². The number of amides is 1. The van der Waals surface area contributed by atoms with E-state index < -0.39 is 5.38 Å². The second kappa shape index (κ2) is 6.73. The molecule has 0 aliphatic carbocycles. The van der Waals surface area contributed by atoms with Crippen LogP contribution in [-0.2, 0) is 4.79 Å². The molecule has 124 valence electrons. The second-order valence-electron chi connectivity index (χ2n) is 6.23. The Bertz CT molecular complexity index is 811. The van der Waals surface area contributed by atoms with Crippen molar-refractivity contribution in [2.24, 2.45) is 0 Å². The summed E-state index contributed by atoms with van der Waals surface area (Å²) in [7, 11) is 0. The minimum absolute atomic E-state index is 0.0202. The summed E-state index contributed by atoms with van der Waals surface area (Å²) in [5, 5.41) is -0.516. The predicted molar refractivity (Wildman–Crippen MR) is 100 cm³/mol. The molecule has 0 radical (unpaired) electrons. The van der Waals surface area contributed by atoms with Gasteiger partial charge < -0.3 is 4.90 Å². The van der Waals surface area contributed by atoms with E-state index in [-0.39, 0.29) is 18.0 Å². The summed E-state index contributed by atoms with van der Waals surface area (Å²) in [5.41, 5.74) is 3.25. The minimum Gasteiger partial charge on any atom is -0.321 e. The Kier molecular flexibility index (Phi) is 4.29. The van der Waals surface area contributed by atoms with Gasteiger partial charge in [-0.05, 0) is 16.7 Å². The smallest absolute Gasteiger partial charge is 0.244 e. The first-order valence-electron chi connectivity index (χ1n) is 8.38. The van der Waals surface area contributed by atoms with Gasteiger partial charge in [-0.25, -0.2) is 0 Å². The van der Waals surface area contributed by atoms with Gasteiger partial charge in [0.25, 0.3) is 0 Å². The normalized spacial score (nSPS) is 19.8. The molecule has 3 aromatic carbocycles. The average molecular weight is 348 g/mol. The van der Waals surface area contributed by atoms with Crippen LogP contribution < -0.4 is 0 Å². The Morgan fingerprint density at radius 1 is 0.720 bits per heavy atom. The van der Waals surface area contributed by atoms with Crippen LogP contribution in [0, 0.1) is 0 Å². The van der Waals surface area contributed by atoms with Gasteiger partial charge in [-0.2, -0.15) is 0 Å². The van der Waals surface area contributed by atoms with Gasteiger partial charge in [0.15, 0.2) is 0 Å². The van der Waals surface area contributed by atoms with E-state index in [2.05, 4.69) is 24.3 Å². The Hall–Kier alpha value is -2.58. The van der Waals surface area contributed by atoms with Crippen LogP contribution in [0.25, 0.3) is 0 Å².